The van der Waals surface area contributed by atoms with Crippen molar-refractivity contribution in [2.75, 3.05) is 13.7 Å². The minimum atomic E-state index is -0.519. The molecule has 0 saturated heterocycles. The van der Waals surface area contributed by atoms with Crippen molar-refractivity contribution in [2.24, 2.45) is 0 Å². The smallest absolute Gasteiger partial charge is 0.126 e. The number of rotatable bonds is 7. The van der Waals surface area contributed by atoms with Crippen molar-refractivity contribution < 1.29 is 13.5 Å². The first-order valence-corrected chi connectivity index (χ1v) is 7.33. The molecule has 2 rings (SSSR count). The van der Waals surface area contributed by atoms with Crippen LogP contribution in [0.25, 0.3) is 0 Å². The van der Waals surface area contributed by atoms with Crippen molar-refractivity contribution in [1.82, 2.24) is 5.32 Å². The average Bonchev–Trinajstić information content (AvgIpc) is 2.33. The maximum absolute atomic E-state index is 13.3. The molecule has 1 unspecified atom stereocenters. The van der Waals surface area contributed by atoms with Crippen molar-refractivity contribution in [3.8, 4) is 0 Å². The Morgan fingerprint density at radius 2 is 1.90 bits per heavy atom. The Morgan fingerprint density at radius 1 is 1.25 bits per heavy atom. The molecule has 1 aliphatic rings. The van der Waals surface area contributed by atoms with Crippen molar-refractivity contribution in [1.29, 1.82) is 0 Å². The Labute approximate surface area is 119 Å². The minimum absolute atomic E-state index is 0.0994. The lowest BCUT2D eigenvalue weighted by Gasteiger charge is -2.47. The van der Waals surface area contributed by atoms with Crippen molar-refractivity contribution in [3.05, 3.63) is 35.4 Å². The molecule has 1 aromatic rings. The molecule has 0 radical (unpaired) electrons. The van der Waals surface area contributed by atoms with Crippen LogP contribution in [0.3, 0.4) is 0 Å². The first kappa shape index (κ1) is 15.4. The van der Waals surface area contributed by atoms with E-state index in [9.17, 15) is 8.78 Å². The van der Waals surface area contributed by atoms with E-state index < -0.39 is 11.6 Å². The van der Waals surface area contributed by atoms with Crippen LogP contribution in [0.1, 0.15) is 38.2 Å². The Hall–Kier alpha value is -1.00. The van der Waals surface area contributed by atoms with Gasteiger partial charge in [0.05, 0.1) is 5.60 Å². The van der Waals surface area contributed by atoms with Gasteiger partial charge in [0.1, 0.15) is 11.6 Å². The highest BCUT2D eigenvalue weighted by Crippen LogP contribution is 2.39. The normalized spacial score (nSPS) is 18.6. The second-order valence-corrected chi connectivity index (χ2v) is 5.61. The second-order valence-electron chi connectivity index (χ2n) is 5.61. The van der Waals surface area contributed by atoms with Gasteiger partial charge < -0.3 is 10.1 Å². The molecule has 1 aromatic carbocycles. The van der Waals surface area contributed by atoms with Crippen LogP contribution in [0.2, 0.25) is 0 Å². The summed E-state index contributed by atoms with van der Waals surface area (Å²) in [5.74, 6) is -1.04. The van der Waals surface area contributed by atoms with Gasteiger partial charge >= 0.3 is 0 Å². The summed E-state index contributed by atoms with van der Waals surface area (Å²) in [4.78, 5) is 0. The molecule has 1 saturated carbocycles. The molecular formula is C16H23F2NO. The molecular weight excluding hydrogens is 260 g/mol. The van der Waals surface area contributed by atoms with Crippen molar-refractivity contribution >= 4 is 0 Å². The van der Waals surface area contributed by atoms with E-state index in [0.29, 0.717) is 12.0 Å². The van der Waals surface area contributed by atoms with Gasteiger partial charge in [-0.05, 0) is 56.3 Å². The van der Waals surface area contributed by atoms with Crippen LogP contribution in [-0.4, -0.2) is 25.3 Å². The van der Waals surface area contributed by atoms with Crippen LogP contribution >= 0.6 is 0 Å². The molecule has 0 aliphatic heterocycles. The molecule has 1 N–H and O–H groups in total. The van der Waals surface area contributed by atoms with Crippen LogP contribution in [0, 0.1) is 11.6 Å². The van der Waals surface area contributed by atoms with Gasteiger partial charge in [0.2, 0.25) is 0 Å². The second kappa shape index (κ2) is 6.64. The van der Waals surface area contributed by atoms with E-state index in [1.54, 1.807) is 7.11 Å². The van der Waals surface area contributed by atoms with Crippen LogP contribution in [0.15, 0.2) is 18.2 Å². The molecule has 20 heavy (non-hydrogen) atoms. The highest BCUT2D eigenvalue weighted by Gasteiger charge is 2.44. The van der Waals surface area contributed by atoms with Crippen molar-refractivity contribution in [2.45, 2.75) is 50.7 Å². The molecule has 0 bridgehead atoms. The number of nitrogens with one attached hydrogen (secondary N) is 1. The van der Waals surface area contributed by atoms with E-state index in [1.807, 2.05) is 0 Å². The van der Waals surface area contributed by atoms with E-state index in [2.05, 4.69) is 12.2 Å². The Morgan fingerprint density at radius 3 is 2.35 bits per heavy atom. The summed E-state index contributed by atoms with van der Waals surface area (Å²) in [6.07, 6.45) is 4.76. The highest BCUT2D eigenvalue weighted by molar-refractivity contribution is 5.20. The standard InChI is InChI=1S/C16H23F2NO/c1-3-7-19-15(16(20-2)5-4-6-16)10-12-8-13(17)11-14(18)9-12/h8-9,11,15,19H,3-7,10H2,1-2H3. The predicted octanol–water partition coefficient (Wildman–Crippen LogP) is 3.44. The van der Waals surface area contributed by atoms with E-state index >= 15 is 0 Å². The molecule has 0 heterocycles. The zero-order chi connectivity index (χ0) is 14.6. The van der Waals surface area contributed by atoms with Crippen molar-refractivity contribution in [3.63, 3.8) is 0 Å². The fourth-order valence-electron chi connectivity index (χ4n) is 2.95. The zero-order valence-corrected chi connectivity index (χ0v) is 12.2. The summed E-state index contributed by atoms with van der Waals surface area (Å²) < 4.78 is 32.3. The monoisotopic (exact) mass is 283 g/mol. The van der Waals surface area contributed by atoms with E-state index in [0.717, 1.165) is 38.3 Å². The lowest BCUT2D eigenvalue weighted by atomic mass is 9.72. The quantitative estimate of drug-likeness (QED) is 0.827. The molecule has 0 amide bonds. The fraction of sp³-hybridized carbons (Fsp3) is 0.625. The lowest BCUT2D eigenvalue weighted by molar-refractivity contribution is -0.0980. The maximum Gasteiger partial charge on any atom is 0.126 e. The summed E-state index contributed by atoms with van der Waals surface area (Å²) in [6.45, 7) is 2.99. The molecule has 1 atom stereocenters. The van der Waals surface area contributed by atoms with Crippen LogP contribution < -0.4 is 5.32 Å². The first-order valence-electron chi connectivity index (χ1n) is 7.33. The number of methoxy groups -OCH3 is 1. The number of halogens is 2. The minimum Gasteiger partial charge on any atom is -0.377 e. The first-order chi connectivity index (χ1) is 9.59. The van der Waals surface area contributed by atoms with Gasteiger partial charge in [0.25, 0.3) is 0 Å². The molecule has 0 aromatic heterocycles. The van der Waals surface area contributed by atoms with Gasteiger partial charge in [-0.2, -0.15) is 0 Å². The van der Waals surface area contributed by atoms with E-state index in [1.165, 1.54) is 12.1 Å². The molecule has 4 heteroatoms. The van der Waals surface area contributed by atoms with Gasteiger partial charge in [0, 0.05) is 19.2 Å². The highest BCUT2D eigenvalue weighted by atomic mass is 19.1. The van der Waals surface area contributed by atoms with E-state index in [4.69, 9.17) is 4.74 Å². The van der Waals surface area contributed by atoms with Gasteiger partial charge in [-0.15, -0.1) is 0 Å². The molecule has 112 valence electrons. The predicted molar refractivity (Wildman–Crippen MR) is 75.7 cm³/mol. The molecule has 1 aliphatic carbocycles. The number of hydrogen-bond acceptors (Lipinski definition) is 2. The van der Waals surface area contributed by atoms with Crippen LogP contribution in [-0.2, 0) is 11.2 Å². The number of hydrogen-bond donors (Lipinski definition) is 1. The largest absolute Gasteiger partial charge is 0.377 e. The third-order valence-corrected chi connectivity index (χ3v) is 4.24. The Kier molecular flexibility index (Phi) is 5.11. The summed E-state index contributed by atoms with van der Waals surface area (Å²) in [6, 6.07) is 3.83. The van der Waals surface area contributed by atoms with Crippen LogP contribution in [0.4, 0.5) is 8.78 Å². The van der Waals surface area contributed by atoms with Crippen LogP contribution in [0.5, 0.6) is 0 Å². The molecule has 1 fully saturated rings. The SMILES string of the molecule is CCCNC(Cc1cc(F)cc(F)c1)C1(OC)CCC1. The number of ether oxygens (including phenoxy) is 1. The van der Waals surface area contributed by atoms with Gasteiger partial charge in [-0.3, -0.25) is 0 Å². The van der Waals surface area contributed by atoms with Gasteiger partial charge in [-0.1, -0.05) is 6.92 Å². The maximum atomic E-state index is 13.3. The average molecular weight is 283 g/mol. The lowest BCUT2D eigenvalue weighted by Crippen LogP contribution is -2.57. The fourth-order valence-corrected chi connectivity index (χ4v) is 2.95. The van der Waals surface area contributed by atoms with Gasteiger partial charge in [-0.25, -0.2) is 8.78 Å². The summed E-state index contributed by atoms with van der Waals surface area (Å²) in [5.41, 5.74) is 0.497. The van der Waals surface area contributed by atoms with Gasteiger partial charge in [0.15, 0.2) is 0 Å². The third-order valence-electron chi connectivity index (χ3n) is 4.24. The summed E-state index contributed by atoms with van der Waals surface area (Å²) in [5, 5.41) is 3.48. The Bertz CT molecular complexity index is 420. The summed E-state index contributed by atoms with van der Waals surface area (Å²) in [7, 11) is 1.73. The summed E-state index contributed by atoms with van der Waals surface area (Å²) >= 11 is 0. The zero-order valence-electron chi connectivity index (χ0n) is 12.2. The Balaban J connectivity index is 2.14. The topological polar surface area (TPSA) is 21.3 Å². The van der Waals surface area contributed by atoms with E-state index in [-0.39, 0.29) is 11.6 Å². The third kappa shape index (κ3) is 3.36. The molecule has 2 nitrogen and oxygen atoms in total. The number of benzene rings is 1. The molecule has 0 spiro atoms.